The van der Waals surface area contributed by atoms with Crippen LogP contribution in [0.3, 0.4) is 0 Å². The van der Waals surface area contributed by atoms with E-state index in [0.29, 0.717) is 0 Å². The van der Waals surface area contributed by atoms with Gasteiger partial charge in [-0.3, -0.25) is 0 Å². The highest BCUT2D eigenvalue weighted by molar-refractivity contribution is 7.80. The van der Waals surface area contributed by atoms with Crippen molar-refractivity contribution < 1.29 is 132 Å². The molecule has 0 rings (SSSR count). The summed E-state index contributed by atoms with van der Waals surface area (Å²) in [6.07, 6.45) is -21.1. The number of hydrogen-bond donors (Lipinski definition) is 2. The van der Waals surface area contributed by atoms with Crippen LogP contribution in [0.15, 0.2) is 0 Å². The zero-order chi connectivity index (χ0) is 43.2. The smallest absolute Gasteiger partial charge is 0.200 e. The fourth-order valence-electron chi connectivity index (χ4n) is 2.91. The molecule has 0 bridgehead atoms. The summed E-state index contributed by atoms with van der Waals surface area (Å²) >= 11 is 6.32. The Morgan fingerprint density at radius 3 is 0.654 bits per heavy atom. The molecule has 52 heavy (non-hydrogen) atoms. The van der Waals surface area contributed by atoms with E-state index in [1.165, 1.54) is 0 Å². The lowest BCUT2D eigenvalue weighted by atomic mass is 9.88. The molecule has 316 valence electrons. The molecule has 0 aromatic rings. The minimum atomic E-state index is -8.58. The van der Waals surface area contributed by atoms with Gasteiger partial charge in [-0.25, -0.2) is 0 Å². The van der Waals surface area contributed by atoms with Gasteiger partial charge in [0.1, 0.15) is 0 Å². The van der Waals surface area contributed by atoms with Gasteiger partial charge in [0, 0.05) is 12.8 Å². The fraction of sp³-hybridized carbons (Fsp3) is 1.00. The zero-order valence-corrected chi connectivity index (χ0v) is 25.3. The number of thiol groups is 2. The Kier molecular flexibility index (Phi) is 15.1. The second kappa shape index (κ2) is 14.9. The normalized spacial score (nSPS) is 16.2. The summed E-state index contributed by atoms with van der Waals surface area (Å²) in [5.74, 6) is -93.8. The van der Waals surface area contributed by atoms with Crippen LogP contribution in [0.25, 0.3) is 0 Å². The van der Waals surface area contributed by atoms with Crippen molar-refractivity contribution in [2.24, 2.45) is 0 Å². The summed E-state index contributed by atoms with van der Waals surface area (Å²) in [6.45, 7) is 0. The highest BCUT2D eigenvalue weighted by Crippen LogP contribution is 2.65. The fourth-order valence-corrected chi connectivity index (χ4v) is 3.42. The van der Waals surface area contributed by atoms with Gasteiger partial charge in [0.2, 0.25) is 0 Å². The minimum Gasteiger partial charge on any atom is -0.200 e. The number of halogens is 30. The van der Waals surface area contributed by atoms with Crippen LogP contribution in [0.4, 0.5) is 132 Å². The van der Waals surface area contributed by atoms with Gasteiger partial charge in [0.25, 0.3) is 0 Å². The van der Waals surface area contributed by atoms with E-state index in [4.69, 9.17) is 0 Å². The van der Waals surface area contributed by atoms with Gasteiger partial charge in [-0.1, -0.05) is 0 Å². The second-order valence-electron chi connectivity index (χ2n) is 9.80. The quantitative estimate of drug-likeness (QED) is 0.0861. The molecule has 0 spiro atoms. The van der Waals surface area contributed by atoms with E-state index in [9.17, 15) is 132 Å². The van der Waals surface area contributed by atoms with E-state index in [-0.39, 0.29) is 12.2 Å². The molecule has 0 saturated heterocycles. The molecule has 0 heterocycles. The topological polar surface area (TPSA) is 0 Å². The molecule has 0 aromatic heterocycles. The SMILES string of the molecule is FC(F)(F)C(F)(F)C(F)(F)C(F)(F)C(F)(F)C(F)(F)C(F)(F)C(F)(F)CCS.FC(F)(F)C(F)(F)C(F)(F)C(F)(F)C(F)(F)C(F)(F)CCCCS. The number of hydrogen-bond acceptors (Lipinski definition) is 2. The van der Waals surface area contributed by atoms with Crippen LogP contribution in [-0.4, -0.2) is 94.9 Å². The first kappa shape index (κ1) is 52.7. The monoisotopic (exact) mass is 888 g/mol. The van der Waals surface area contributed by atoms with Crippen molar-refractivity contribution in [2.75, 3.05) is 11.5 Å². The highest BCUT2D eigenvalue weighted by Gasteiger charge is 2.95. The third-order valence-electron chi connectivity index (χ3n) is 6.11. The van der Waals surface area contributed by atoms with E-state index in [1.807, 2.05) is 0 Å². The van der Waals surface area contributed by atoms with E-state index >= 15 is 0 Å². The lowest BCUT2D eigenvalue weighted by Crippen LogP contribution is -2.74. The predicted molar refractivity (Wildman–Crippen MR) is 118 cm³/mol. The Morgan fingerprint density at radius 1 is 0.231 bits per heavy atom. The molecular formula is C20H14F30S2. The van der Waals surface area contributed by atoms with E-state index in [1.54, 1.807) is 0 Å². The molecule has 0 saturated carbocycles. The van der Waals surface area contributed by atoms with Gasteiger partial charge in [0.05, 0.1) is 0 Å². The Balaban J connectivity index is 0. The average Bonchev–Trinajstić information content (AvgIpc) is 2.91. The number of rotatable bonds is 16. The Morgan fingerprint density at radius 2 is 0.442 bits per heavy atom. The highest BCUT2D eigenvalue weighted by atomic mass is 32.1. The molecule has 0 aromatic carbocycles. The molecule has 0 nitrogen and oxygen atoms in total. The van der Waals surface area contributed by atoms with Crippen molar-refractivity contribution in [3.8, 4) is 0 Å². The second-order valence-corrected chi connectivity index (χ2v) is 10.7. The van der Waals surface area contributed by atoms with Gasteiger partial charge in [0.15, 0.2) is 0 Å². The van der Waals surface area contributed by atoms with Gasteiger partial charge in [-0.05, 0) is 24.3 Å². The van der Waals surface area contributed by atoms with Crippen molar-refractivity contribution in [2.45, 2.75) is 109 Å². The third kappa shape index (κ3) is 8.10. The Hall–Kier alpha value is -1.40. The minimum absolute atomic E-state index is 0.180. The van der Waals surface area contributed by atoms with Crippen LogP contribution < -0.4 is 0 Å². The summed E-state index contributed by atoms with van der Waals surface area (Å²) < 4.78 is 382. The lowest BCUT2D eigenvalue weighted by molar-refractivity contribution is -0.461. The average molecular weight is 888 g/mol. The summed E-state index contributed by atoms with van der Waals surface area (Å²) in [5, 5.41) is 0. The summed E-state index contributed by atoms with van der Waals surface area (Å²) in [7, 11) is 0. The van der Waals surface area contributed by atoms with Gasteiger partial charge in [-0.15, -0.1) is 0 Å². The third-order valence-corrected chi connectivity index (χ3v) is 6.65. The van der Waals surface area contributed by atoms with Crippen LogP contribution in [0.1, 0.15) is 25.7 Å². The maximum absolute atomic E-state index is 13.2. The first-order valence-electron chi connectivity index (χ1n) is 12.0. The molecule has 0 fully saturated rings. The van der Waals surface area contributed by atoms with Crippen molar-refractivity contribution in [1.82, 2.24) is 0 Å². The molecule has 32 heteroatoms. The molecule has 0 amide bonds. The van der Waals surface area contributed by atoms with Gasteiger partial charge < -0.3 is 0 Å². The maximum Gasteiger partial charge on any atom is 0.460 e. The van der Waals surface area contributed by atoms with Crippen LogP contribution in [0.5, 0.6) is 0 Å². The summed E-state index contributed by atoms with van der Waals surface area (Å²) in [4.78, 5) is 0. The van der Waals surface area contributed by atoms with Crippen molar-refractivity contribution in [1.29, 1.82) is 0 Å². The van der Waals surface area contributed by atoms with E-state index < -0.39 is 108 Å². The van der Waals surface area contributed by atoms with Crippen LogP contribution in [0, 0.1) is 0 Å². The van der Waals surface area contributed by atoms with E-state index in [0.717, 1.165) is 0 Å². The molecule has 0 aliphatic carbocycles. The van der Waals surface area contributed by atoms with E-state index in [2.05, 4.69) is 25.3 Å². The first-order chi connectivity index (χ1) is 22.1. The summed E-state index contributed by atoms with van der Waals surface area (Å²) in [5.41, 5.74) is 0. The van der Waals surface area contributed by atoms with Gasteiger partial charge in [-0.2, -0.15) is 157 Å². The molecule has 0 aliphatic heterocycles. The molecule has 0 unspecified atom stereocenters. The number of alkyl halides is 30. The van der Waals surface area contributed by atoms with Crippen LogP contribution in [0.2, 0.25) is 0 Å². The van der Waals surface area contributed by atoms with Crippen molar-refractivity contribution >= 4 is 25.3 Å². The standard InChI is InChI=1S/C10H5F17S.C10H9F13S/c11-3(12,1-2-28)4(13,14)5(15,16)6(17,18)7(19,20)8(21,22)9(23,24)10(25,26)27;11-5(12,3-1-2-4-24)6(13,14)7(15,16)8(17,18)9(19,20)10(21,22)23/h28H,1-2H2;24H,1-4H2. The summed E-state index contributed by atoms with van der Waals surface area (Å²) in [6, 6.07) is 0. The lowest BCUT2D eigenvalue weighted by Gasteiger charge is -2.42. The largest absolute Gasteiger partial charge is 0.460 e. The molecule has 0 aliphatic rings. The van der Waals surface area contributed by atoms with Crippen LogP contribution in [-0.2, 0) is 0 Å². The van der Waals surface area contributed by atoms with Crippen LogP contribution >= 0.6 is 25.3 Å². The molecule has 0 atom stereocenters. The van der Waals surface area contributed by atoms with Gasteiger partial charge >= 0.3 is 83.4 Å². The molecular weight excluding hydrogens is 874 g/mol. The maximum atomic E-state index is 13.2. The Labute approximate surface area is 278 Å². The zero-order valence-electron chi connectivity index (χ0n) is 23.5. The molecule has 0 radical (unpaired) electrons. The van der Waals surface area contributed by atoms with Crippen molar-refractivity contribution in [3.63, 3.8) is 0 Å². The van der Waals surface area contributed by atoms with Crippen molar-refractivity contribution in [3.05, 3.63) is 0 Å². The first-order valence-corrected chi connectivity index (χ1v) is 13.3. The Bertz CT molecular complexity index is 1160. The number of unbranched alkanes of at least 4 members (excludes halogenated alkanes) is 1. The molecule has 0 N–H and O–H groups in total. The predicted octanol–water partition coefficient (Wildman–Crippen LogP) is 12.1.